The number of aromatic nitrogens is 2. The van der Waals surface area contributed by atoms with Gasteiger partial charge in [-0.1, -0.05) is 54.1 Å². The normalized spacial score (nSPS) is 24.9. The number of carbonyl (C=O) groups is 2. The Kier molecular flexibility index (Phi) is 6.60. The molecule has 1 aromatic heterocycles. The number of fused-ring (bicyclic) bond motifs is 1. The van der Waals surface area contributed by atoms with Crippen LogP contribution in [0.3, 0.4) is 0 Å². The maximum absolute atomic E-state index is 13.1. The number of esters is 1. The summed E-state index contributed by atoms with van der Waals surface area (Å²) in [4.78, 5) is 32.6. The van der Waals surface area contributed by atoms with Crippen molar-refractivity contribution < 1.29 is 15.8 Å². The molecule has 0 bridgehead atoms. The largest absolute Gasteiger partial charge is 0.467 e. The summed E-state index contributed by atoms with van der Waals surface area (Å²) in [6, 6.07) is 9.39. The van der Waals surface area contributed by atoms with Gasteiger partial charge in [-0.2, -0.15) is 0 Å². The van der Waals surface area contributed by atoms with Crippen LogP contribution in [0.4, 0.5) is 0 Å². The predicted octanol–water partition coefficient (Wildman–Crippen LogP) is 3.36. The zero-order chi connectivity index (χ0) is 24.4. The van der Waals surface area contributed by atoms with Crippen molar-refractivity contribution >= 4 is 11.9 Å². The summed E-state index contributed by atoms with van der Waals surface area (Å²) >= 11 is 0. The van der Waals surface area contributed by atoms with Crippen LogP contribution < -0.4 is 5.32 Å². The van der Waals surface area contributed by atoms with Crippen LogP contribution in [0.5, 0.6) is 0 Å². The average Bonchev–Trinajstić information content (AvgIpc) is 3.51. The number of carbonyl (C=O) groups excluding carboxylic acids is 2. The van der Waals surface area contributed by atoms with Crippen LogP contribution >= 0.6 is 0 Å². The lowest BCUT2D eigenvalue weighted by molar-refractivity contribution is -0.145. The Morgan fingerprint density at radius 1 is 1.26 bits per heavy atom. The van der Waals surface area contributed by atoms with Crippen LogP contribution in [0.1, 0.15) is 38.9 Å². The van der Waals surface area contributed by atoms with Gasteiger partial charge < -0.3 is 14.6 Å². The molecule has 7 nitrogen and oxygen atoms in total. The number of hydrogen-bond acceptors (Lipinski definition) is 5. The molecule has 1 aliphatic heterocycles. The van der Waals surface area contributed by atoms with Gasteiger partial charge in [0.15, 0.2) is 0 Å². The van der Waals surface area contributed by atoms with Crippen LogP contribution in [-0.2, 0) is 27.3 Å². The lowest BCUT2D eigenvalue weighted by atomic mass is 9.92. The number of likely N-dealkylation sites (tertiary alicyclic amines) is 1. The standard InChI is InChI=1S/C28H34N4O3.H2/c1-20-7-6-12-28(16-24(20)28)32-13-10-22(11-14-32)26(33)30-25(27(34)35-2)15-23-18-31(19-29-23)17-21-8-4-3-5-9-21;/h3-9,12,18-19,22,24-25H,10-11,13-17H2,1-2H3,(H,30,33);1H/t24?,25-,28?;/m0./s1. The Hall–Kier alpha value is -3.19. The number of benzene rings is 1. The highest BCUT2D eigenvalue weighted by Crippen LogP contribution is 2.56. The van der Waals surface area contributed by atoms with Gasteiger partial charge in [0.25, 0.3) is 0 Å². The van der Waals surface area contributed by atoms with Crippen molar-refractivity contribution in [2.24, 2.45) is 11.8 Å². The molecule has 2 unspecified atom stereocenters. The molecule has 1 saturated carbocycles. The molecule has 0 spiro atoms. The fourth-order valence-corrected chi connectivity index (χ4v) is 5.73. The number of nitrogens with one attached hydrogen (secondary N) is 1. The van der Waals surface area contributed by atoms with Crippen LogP contribution in [0, 0.1) is 11.8 Å². The highest BCUT2D eigenvalue weighted by atomic mass is 16.5. The molecule has 1 saturated heterocycles. The topological polar surface area (TPSA) is 76.5 Å². The second-order valence-corrected chi connectivity index (χ2v) is 10.1. The maximum atomic E-state index is 13.1. The Bertz CT molecular complexity index is 1140. The molecular weight excluding hydrogens is 440 g/mol. The van der Waals surface area contributed by atoms with E-state index in [0.717, 1.165) is 31.6 Å². The monoisotopic (exact) mass is 476 g/mol. The van der Waals surface area contributed by atoms with Crippen LogP contribution in [-0.4, -0.2) is 58.1 Å². The van der Waals surface area contributed by atoms with Crippen LogP contribution in [0.15, 0.2) is 66.7 Å². The van der Waals surface area contributed by atoms with Crippen molar-refractivity contribution in [1.82, 2.24) is 19.8 Å². The van der Waals surface area contributed by atoms with Gasteiger partial charge in [0.2, 0.25) is 5.91 Å². The number of imidazole rings is 1. The number of piperidine rings is 1. The highest BCUT2D eigenvalue weighted by Gasteiger charge is 2.57. The lowest BCUT2D eigenvalue weighted by Gasteiger charge is -2.38. The summed E-state index contributed by atoms with van der Waals surface area (Å²) < 4.78 is 6.97. The van der Waals surface area contributed by atoms with E-state index in [1.807, 2.05) is 29.0 Å². The van der Waals surface area contributed by atoms with E-state index in [1.54, 1.807) is 6.33 Å². The molecule has 3 aliphatic rings. The molecule has 7 heteroatoms. The minimum Gasteiger partial charge on any atom is -0.467 e. The minimum absolute atomic E-state index is 0. The Morgan fingerprint density at radius 2 is 2.03 bits per heavy atom. The van der Waals surface area contributed by atoms with Gasteiger partial charge in [0.1, 0.15) is 6.04 Å². The van der Waals surface area contributed by atoms with E-state index in [9.17, 15) is 9.59 Å². The quantitative estimate of drug-likeness (QED) is 0.592. The molecule has 2 aliphatic carbocycles. The SMILES string of the molecule is COC(=O)[C@H](Cc1cn(Cc2ccccc2)cn1)NC(=O)C1CCN(C23C=CC=C(C)C2C3)CC1.[HH]. The van der Waals surface area contributed by atoms with Crippen LogP contribution in [0.25, 0.3) is 0 Å². The molecule has 2 heterocycles. The number of hydrogen-bond donors (Lipinski definition) is 1. The number of ether oxygens (including phenoxy) is 1. The second kappa shape index (κ2) is 9.82. The fourth-order valence-electron chi connectivity index (χ4n) is 5.73. The van der Waals surface area contributed by atoms with Gasteiger partial charge >= 0.3 is 5.97 Å². The first-order chi connectivity index (χ1) is 17.0. The zero-order valence-corrected chi connectivity index (χ0v) is 20.5. The third-order valence-electron chi connectivity index (χ3n) is 7.83. The molecule has 2 aromatic rings. The van der Waals surface area contributed by atoms with Crippen molar-refractivity contribution in [1.29, 1.82) is 0 Å². The molecule has 1 N–H and O–H groups in total. The van der Waals surface area contributed by atoms with Gasteiger partial charge in [0.05, 0.1) is 19.1 Å². The smallest absolute Gasteiger partial charge is 0.328 e. The van der Waals surface area contributed by atoms with Crippen molar-refractivity contribution in [3.63, 3.8) is 0 Å². The van der Waals surface area contributed by atoms with Gasteiger partial charge in [-0.3, -0.25) is 9.69 Å². The summed E-state index contributed by atoms with van der Waals surface area (Å²) in [6.07, 6.45) is 13.5. The molecule has 35 heavy (non-hydrogen) atoms. The van der Waals surface area contributed by atoms with E-state index in [1.165, 1.54) is 24.7 Å². The number of allylic oxidation sites excluding steroid dienone is 2. The van der Waals surface area contributed by atoms with Crippen LogP contribution in [0.2, 0.25) is 0 Å². The van der Waals surface area contributed by atoms with Crippen molar-refractivity contribution in [2.75, 3.05) is 20.2 Å². The van der Waals surface area contributed by atoms with E-state index in [2.05, 4.69) is 52.5 Å². The number of rotatable bonds is 8. The number of nitrogens with zero attached hydrogens (tertiary/aromatic N) is 3. The van der Waals surface area contributed by atoms with E-state index in [-0.39, 0.29) is 18.8 Å². The fraction of sp³-hybridized carbons (Fsp3) is 0.464. The first-order valence-corrected chi connectivity index (χ1v) is 12.5. The summed E-state index contributed by atoms with van der Waals surface area (Å²) in [7, 11) is 1.35. The maximum Gasteiger partial charge on any atom is 0.328 e. The number of amides is 1. The molecule has 1 amide bonds. The summed E-state index contributed by atoms with van der Waals surface area (Å²) in [6.45, 7) is 4.72. The average molecular weight is 477 g/mol. The highest BCUT2D eigenvalue weighted by molar-refractivity contribution is 5.86. The Labute approximate surface area is 208 Å². The van der Waals surface area contributed by atoms with Crippen molar-refractivity contribution in [2.45, 2.75) is 50.7 Å². The van der Waals surface area contributed by atoms with E-state index in [4.69, 9.17) is 4.74 Å². The van der Waals surface area contributed by atoms with E-state index >= 15 is 0 Å². The molecule has 2 fully saturated rings. The molecule has 5 rings (SSSR count). The van der Waals surface area contributed by atoms with Gasteiger partial charge in [0, 0.05) is 38.0 Å². The minimum atomic E-state index is -0.744. The predicted molar refractivity (Wildman–Crippen MR) is 136 cm³/mol. The lowest BCUT2D eigenvalue weighted by Crippen LogP contribution is -2.50. The van der Waals surface area contributed by atoms with Gasteiger partial charge in [-0.05, 0) is 44.8 Å². The molecule has 0 radical (unpaired) electrons. The summed E-state index contributed by atoms with van der Waals surface area (Å²) in [5.41, 5.74) is 3.55. The van der Waals surface area contributed by atoms with Crippen molar-refractivity contribution in [3.8, 4) is 0 Å². The third kappa shape index (κ3) is 4.96. The summed E-state index contributed by atoms with van der Waals surface area (Å²) in [5.74, 6) is 0.0294. The van der Waals surface area contributed by atoms with Crippen molar-refractivity contribution in [3.05, 3.63) is 77.9 Å². The van der Waals surface area contributed by atoms with Gasteiger partial charge in [-0.25, -0.2) is 9.78 Å². The Balaban J connectivity index is 0.00000304. The second-order valence-electron chi connectivity index (χ2n) is 10.1. The molecule has 1 aromatic carbocycles. The zero-order valence-electron chi connectivity index (χ0n) is 20.5. The molecular formula is C28H36N4O3. The first kappa shape index (κ1) is 23.5. The van der Waals surface area contributed by atoms with E-state index < -0.39 is 12.0 Å². The van der Waals surface area contributed by atoms with Gasteiger partial charge in [-0.15, -0.1) is 0 Å². The third-order valence-corrected chi connectivity index (χ3v) is 7.83. The first-order valence-electron chi connectivity index (χ1n) is 12.5. The molecule has 3 atom stereocenters. The summed E-state index contributed by atoms with van der Waals surface area (Å²) in [5, 5.41) is 2.96. The number of methoxy groups -OCH3 is 1. The molecule has 186 valence electrons. The Morgan fingerprint density at radius 3 is 2.77 bits per heavy atom. The van der Waals surface area contributed by atoms with E-state index in [0.29, 0.717) is 18.9 Å².